The molecule has 364 valence electrons. The molecule has 63 heavy (non-hydrogen) atoms. The van der Waals surface area contributed by atoms with Crippen LogP contribution in [0.5, 0.6) is 0 Å². The number of allylic oxidation sites excluding steroid dienone is 4. The van der Waals surface area contributed by atoms with E-state index in [-0.39, 0.29) is 45.1 Å². The van der Waals surface area contributed by atoms with Crippen LogP contribution in [-0.4, -0.2) is 80.4 Å². The fraction of sp³-hybridized carbons (Fsp3) is 0.824. The Labute approximate surface area is 381 Å². The van der Waals surface area contributed by atoms with E-state index in [2.05, 4.69) is 38.2 Å². The second-order valence-electron chi connectivity index (χ2n) is 17.2. The van der Waals surface area contributed by atoms with E-state index in [1.54, 1.807) is 0 Å². The Balaban J connectivity index is 2.62. The molecule has 0 aromatic carbocycles. The highest BCUT2D eigenvalue weighted by Gasteiger charge is 2.44. The van der Waals surface area contributed by atoms with Gasteiger partial charge in [-0.05, 0) is 64.2 Å². The first-order valence-electron chi connectivity index (χ1n) is 25.0. The van der Waals surface area contributed by atoms with E-state index in [0.29, 0.717) is 12.8 Å². The molecule has 0 aliphatic carbocycles. The molecule has 0 radical (unpaired) electrons. The van der Waals surface area contributed by atoms with Gasteiger partial charge in [0, 0.05) is 40.0 Å². The van der Waals surface area contributed by atoms with E-state index in [4.69, 9.17) is 33.2 Å². The summed E-state index contributed by atoms with van der Waals surface area (Å²) in [5.74, 6) is -2.60. The van der Waals surface area contributed by atoms with Crippen molar-refractivity contribution in [3.63, 3.8) is 0 Å². The highest BCUT2D eigenvalue weighted by Crippen LogP contribution is 2.27. The fourth-order valence-corrected chi connectivity index (χ4v) is 7.52. The molecule has 1 fully saturated rings. The van der Waals surface area contributed by atoms with E-state index >= 15 is 0 Å². The van der Waals surface area contributed by atoms with E-state index in [1.807, 2.05) is 0 Å². The van der Waals surface area contributed by atoms with Gasteiger partial charge >= 0.3 is 29.8 Å². The van der Waals surface area contributed by atoms with Crippen LogP contribution in [0.1, 0.15) is 221 Å². The molecular weight excluding hydrogens is 805 g/mol. The Bertz CT molecular complexity index is 1250. The third kappa shape index (κ3) is 34.8. The van der Waals surface area contributed by atoms with E-state index < -0.39 is 54.6 Å². The smallest absolute Gasteiger partial charge is 0.306 e. The van der Waals surface area contributed by atoms with Crippen molar-refractivity contribution < 1.29 is 57.1 Å². The van der Waals surface area contributed by atoms with Crippen molar-refractivity contribution in [1.29, 1.82) is 0 Å². The van der Waals surface area contributed by atoms with Crippen LogP contribution in [0.3, 0.4) is 0 Å². The lowest BCUT2D eigenvalue weighted by Gasteiger charge is -2.40. The molecule has 12 heteroatoms. The lowest BCUT2D eigenvalue weighted by Crippen LogP contribution is -2.54. The Morgan fingerprint density at radius 3 is 1.43 bits per heavy atom. The van der Waals surface area contributed by atoms with Gasteiger partial charge in [-0.3, -0.25) is 24.0 Å². The van der Waals surface area contributed by atoms with Gasteiger partial charge in [0.05, 0.1) is 6.61 Å². The van der Waals surface area contributed by atoms with Gasteiger partial charge in [-0.2, -0.15) is 0 Å². The number of carbonyl (C=O) groups excluding carboxylic acids is 5. The molecule has 0 spiro atoms. The Morgan fingerprint density at radius 2 is 0.968 bits per heavy atom. The van der Waals surface area contributed by atoms with Crippen molar-refractivity contribution in [3.8, 4) is 0 Å². The zero-order valence-electron chi connectivity index (χ0n) is 40.2. The summed E-state index contributed by atoms with van der Waals surface area (Å²) in [6.07, 6.45) is 34.8. The lowest BCUT2D eigenvalue weighted by molar-refractivity contribution is -0.271. The number of ether oxygens (including phenoxy) is 7. The maximum absolute atomic E-state index is 13.0. The van der Waals surface area contributed by atoms with Crippen LogP contribution in [0, 0.1) is 0 Å². The van der Waals surface area contributed by atoms with E-state index in [1.165, 1.54) is 104 Å². The average Bonchev–Trinajstić information content (AvgIpc) is 3.24. The van der Waals surface area contributed by atoms with Gasteiger partial charge in [0.2, 0.25) is 0 Å². The molecule has 1 aliphatic rings. The van der Waals surface area contributed by atoms with Crippen molar-refractivity contribution >= 4 is 29.8 Å². The highest BCUT2D eigenvalue weighted by molar-refractivity contribution is 5.70. The fourth-order valence-electron chi connectivity index (χ4n) is 7.52. The second kappa shape index (κ2) is 40.3. The lowest BCUT2D eigenvalue weighted by atomic mass is 10.0. The normalized spacial score (nSPS) is 18.0. The molecule has 0 amide bonds. The van der Waals surface area contributed by atoms with Crippen molar-refractivity contribution in [3.05, 3.63) is 24.3 Å². The number of rotatable bonds is 40. The number of esters is 5. The Hall–Kier alpha value is -3.25. The molecule has 1 saturated heterocycles. The third-order valence-corrected chi connectivity index (χ3v) is 11.0. The van der Waals surface area contributed by atoms with Gasteiger partial charge in [0.1, 0.15) is 25.4 Å². The van der Waals surface area contributed by atoms with Gasteiger partial charge in [-0.1, -0.05) is 141 Å². The summed E-state index contributed by atoms with van der Waals surface area (Å²) in [5, 5.41) is 0. The van der Waals surface area contributed by atoms with Crippen LogP contribution in [0.15, 0.2) is 24.3 Å². The predicted octanol–water partition coefficient (Wildman–Crippen LogP) is 12.1. The third-order valence-electron chi connectivity index (χ3n) is 11.0. The zero-order valence-corrected chi connectivity index (χ0v) is 40.2. The van der Waals surface area contributed by atoms with Gasteiger partial charge < -0.3 is 33.2 Å². The molecule has 0 aromatic rings. The minimum atomic E-state index is -1.05. The first-order chi connectivity index (χ1) is 30.5. The minimum Gasteiger partial charge on any atom is -0.463 e. The largest absolute Gasteiger partial charge is 0.463 e. The standard InChI is InChI=1S/C51H88O12/c1-6-8-10-12-14-16-18-20-22-24-26-28-30-32-34-36-48(55)58-39-45(62-49(56)37-35-33-31-29-27-25-23-21-19-17-15-13-11-9-7-2)40-59-50-38-46(60-43(4)53)51(61-44(5)54)47(63-50)41-57-42(3)52/h20-23,45-47,50-51H,6-19,24-41H2,1-5H3/b22-20-,23-21-/t45?,46?,47-,50-,51-/m1/s1. The molecule has 0 aromatic heterocycles. The monoisotopic (exact) mass is 893 g/mol. The molecule has 1 heterocycles. The maximum atomic E-state index is 13.0. The van der Waals surface area contributed by atoms with Crippen molar-refractivity contribution in [2.45, 2.75) is 252 Å². The Kier molecular flexibility index (Phi) is 36.9. The average molecular weight is 893 g/mol. The number of hydrogen-bond donors (Lipinski definition) is 0. The second-order valence-corrected chi connectivity index (χ2v) is 17.2. The molecular formula is C51H88O12. The van der Waals surface area contributed by atoms with Gasteiger partial charge in [0.15, 0.2) is 18.5 Å². The summed E-state index contributed by atoms with van der Waals surface area (Å²) >= 11 is 0. The molecule has 1 rings (SSSR count). The molecule has 12 nitrogen and oxygen atoms in total. The highest BCUT2D eigenvalue weighted by atomic mass is 16.7. The summed E-state index contributed by atoms with van der Waals surface area (Å²) in [5.41, 5.74) is 0. The first kappa shape index (κ1) is 57.8. The number of hydrogen-bond acceptors (Lipinski definition) is 12. The quantitative estimate of drug-likeness (QED) is 0.0249. The maximum Gasteiger partial charge on any atom is 0.306 e. The first-order valence-corrected chi connectivity index (χ1v) is 25.0. The molecule has 1 aliphatic heterocycles. The van der Waals surface area contributed by atoms with Crippen molar-refractivity contribution in [2.24, 2.45) is 0 Å². The van der Waals surface area contributed by atoms with Crippen LogP contribution in [0.2, 0.25) is 0 Å². The number of carbonyl (C=O) groups is 5. The van der Waals surface area contributed by atoms with E-state index in [0.717, 1.165) is 70.6 Å². The molecule has 0 saturated carbocycles. The van der Waals surface area contributed by atoms with Gasteiger partial charge in [0.25, 0.3) is 0 Å². The molecule has 0 N–H and O–H groups in total. The van der Waals surface area contributed by atoms with Crippen LogP contribution < -0.4 is 0 Å². The Morgan fingerprint density at radius 1 is 0.524 bits per heavy atom. The van der Waals surface area contributed by atoms with Crippen molar-refractivity contribution in [2.75, 3.05) is 19.8 Å². The minimum absolute atomic E-state index is 0.0149. The molecule has 2 unspecified atom stereocenters. The topological polar surface area (TPSA) is 150 Å². The van der Waals surface area contributed by atoms with Crippen LogP contribution in [0.4, 0.5) is 0 Å². The summed E-state index contributed by atoms with van der Waals surface area (Å²) in [6.45, 7) is 7.49. The van der Waals surface area contributed by atoms with E-state index in [9.17, 15) is 24.0 Å². The number of unbranched alkanes of at least 4 members (excludes halogenated alkanes) is 22. The van der Waals surface area contributed by atoms with Crippen LogP contribution >= 0.6 is 0 Å². The molecule has 5 atom stereocenters. The summed E-state index contributed by atoms with van der Waals surface area (Å²) < 4.78 is 39.4. The molecule has 0 bridgehead atoms. The van der Waals surface area contributed by atoms with Crippen molar-refractivity contribution in [1.82, 2.24) is 0 Å². The van der Waals surface area contributed by atoms with Gasteiger partial charge in [-0.25, -0.2) is 0 Å². The predicted molar refractivity (Wildman–Crippen MR) is 247 cm³/mol. The van der Waals surface area contributed by atoms with Crippen LogP contribution in [0.25, 0.3) is 0 Å². The summed E-state index contributed by atoms with van der Waals surface area (Å²) in [6, 6.07) is 0. The summed E-state index contributed by atoms with van der Waals surface area (Å²) in [4.78, 5) is 61.3. The summed E-state index contributed by atoms with van der Waals surface area (Å²) in [7, 11) is 0. The zero-order chi connectivity index (χ0) is 46.2. The van der Waals surface area contributed by atoms with Gasteiger partial charge in [-0.15, -0.1) is 0 Å². The van der Waals surface area contributed by atoms with Crippen LogP contribution in [-0.2, 0) is 57.1 Å². The SMILES string of the molecule is CCCCCCCC/C=C\CCCCCCCC(=O)OCC(CO[C@H]1CC(OC(C)=O)[C@@H](OC(C)=O)[C@@H](COC(C)=O)O1)OC(=O)CCCCCCC/C=C\CCCCCCCC.